The van der Waals surface area contributed by atoms with Crippen molar-refractivity contribution >= 4 is 11.7 Å². The van der Waals surface area contributed by atoms with Gasteiger partial charge in [-0.15, -0.1) is 0 Å². The normalized spacial score (nSPS) is 12.2. The van der Waals surface area contributed by atoms with E-state index < -0.39 is 12.1 Å². The number of rotatable bonds is 5. The van der Waals surface area contributed by atoms with Crippen LogP contribution < -0.4 is 5.32 Å². The summed E-state index contributed by atoms with van der Waals surface area (Å²) in [4.78, 5) is 10.9. The van der Waals surface area contributed by atoms with Crippen molar-refractivity contribution in [2.45, 2.75) is 13.0 Å². The van der Waals surface area contributed by atoms with Crippen molar-refractivity contribution in [1.82, 2.24) is 0 Å². The molecule has 1 unspecified atom stereocenters. The monoisotopic (exact) mass is 225 g/mol. The van der Waals surface area contributed by atoms with E-state index in [1.165, 1.54) is 6.07 Å². The van der Waals surface area contributed by atoms with Crippen molar-refractivity contribution in [3.8, 4) is 0 Å². The van der Waals surface area contributed by atoms with Crippen LogP contribution in [0.4, 0.5) is 5.69 Å². The number of hydrogen-bond donors (Lipinski definition) is 4. The molecule has 0 amide bonds. The lowest BCUT2D eigenvalue weighted by Gasteiger charge is -2.14. The molecule has 0 fully saturated rings. The number of carboxylic acids is 1. The molecule has 4 N–H and O–H groups in total. The number of benzene rings is 1. The SMILES string of the molecule is Cc1cccc(C(=O)O)c1NCC(O)CO. The smallest absolute Gasteiger partial charge is 0.337 e. The van der Waals surface area contributed by atoms with Crippen molar-refractivity contribution < 1.29 is 20.1 Å². The molecule has 0 heterocycles. The number of aromatic carboxylic acids is 1. The second-order valence-electron chi connectivity index (χ2n) is 3.52. The number of aryl methyl sites for hydroxylation is 1. The van der Waals surface area contributed by atoms with E-state index in [0.29, 0.717) is 5.69 Å². The Kier molecular flexibility index (Phi) is 4.28. The summed E-state index contributed by atoms with van der Waals surface area (Å²) in [7, 11) is 0. The van der Waals surface area contributed by atoms with Gasteiger partial charge >= 0.3 is 5.97 Å². The fraction of sp³-hybridized carbons (Fsp3) is 0.364. The van der Waals surface area contributed by atoms with Gasteiger partial charge in [-0.25, -0.2) is 4.79 Å². The number of aliphatic hydroxyl groups is 2. The molecule has 1 atom stereocenters. The summed E-state index contributed by atoms with van der Waals surface area (Å²) in [6.07, 6.45) is -0.902. The Labute approximate surface area is 93.4 Å². The summed E-state index contributed by atoms with van der Waals surface area (Å²) in [5.74, 6) is -1.02. The van der Waals surface area contributed by atoms with Crippen LogP contribution in [0.25, 0.3) is 0 Å². The lowest BCUT2D eigenvalue weighted by molar-refractivity contribution is 0.0697. The van der Waals surface area contributed by atoms with E-state index in [-0.39, 0.29) is 18.7 Å². The maximum Gasteiger partial charge on any atom is 0.337 e. The Morgan fingerprint density at radius 3 is 2.75 bits per heavy atom. The molecule has 0 aromatic heterocycles. The summed E-state index contributed by atoms with van der Waals surface area (Å²) in [5, 5.41) is 29.6. The van der Waals surface area contributed by atoms with E-state index in [1.807, 2.05) is 0 Å². The highest BCUT2D eigenvalue weighted by atomic mass is 16.4. The van der Waals surface area contributed by atoms with Crippen LogP contribution >= 0.6 is 0 Å². The second kappa shape index (κ2) is 5.48. The minimum Gasteiger partial charge on any atom is -0.478 e. The van der Waals surface area contributed by atoms with Crippen LogP contribution in [0.15, 0.2) is 18.2 Å². The van der Waals surface area contributed by atoms with Gasteiger partial charge in [0.15, 0.2) is 0 Å². The Morgan fingerprint density at radius 1 is 1.50 bits per heavy atom. The molecular formula is C11H15NO4. The van der Waals surface area contributed by atoms with Crippen molar-refractivity contribution in [2.75, 3.05) is 18.5 Å². The predicted octanol–water partition coefficient (Wildman–Crippen LogP) is 0.458. The van der Waals surface area contributed by atoms with Gasteiger partial charge in [0.05, 0.1) is 24.0 Å². The van der Waals surface area contributed by atoms with Gasteiger partial charge in [0, 0.05) is 6.54 Å². The Balaban J connectivity index is 2.88. The molecule has 0 saturated heterocycles. The third-order valence-corrected chi connectivity index (χ3v) is 2.23. The van der Waals surface area contributed by atoms with Crippen molar-refractivity contribution in [3.05, 3.63) is 29.3 Å². The van der Waals surface area contributed by atoms with Crippen LogP contribution in [-0.2, 0) is 0 Å². The lowest BCUT2D eigenvalue weighted by Crippen LogP contribution is -2.24. The summed E-state index contributed by atoms with van der Waals surface area (Å²) in [6, 6.07) is 4.93. The molecule has 0 saturated carbocycles. The number of carboxylic acid groups (broad SMARTS) is 1. The van der Waals surface area contributed by atoms with Crippen LogP contribution in [-0.4, -0.2) is 40.5 Å². The Morgan fingerprint density at radius 2 is 2.19 bits per heavy atom. The molecular weight excluding hydrogens is 210 g/mol. The first kappa shape index (κ1) is 12.5. The van der Waals surface area contributed by atoms with Crippen molar-refractivity contribution in [2.24, 2.45) is 0 Å². The predicted molar refractivity (Wildman–Crippen MR) is 59.7 cm³/mol. The molecule has 0 radical (unpaired) electrons. The lowest BCUT2D eigenvalue weighted by atomic mass is 10.1. The Bertz CT molecular complexity index is 378. The molecule has 5 heteroatoms. The van der Waals surface area contributed by atoms with E-state index in [1.54, 1.807) is 19.1 Å². The number of nitrogens with one attached hydrogen (secondary N) is 1. The van der Waals surface area contributed by atoms with Gasteiger partial charge in [-0.1, -0.05) is 12.1 Å². The largest absolute Gasteiger partial charge is 0.478 e. The molecule has 0 spiro atoms. The number of anilines is 1. The average Bonchev–Trinajstić information content (AvgIpc) is 2.26. The Hall–Kier alpha value is -1.59. The maximum atomic E-state index is 10.9. The van der Waals surface area contributed by atoms with Gasteiger partial charge in [0.25, 0.3) is 0 Å². The molecule has 1 aromatic carbocycles. The summed E-state index contributed by atoms with van der Waals surface area (Å²) in [6.45, 7) is 1.53. The molecule has 1 rings (SSSR count). The number of aliphatic hydroxyl groups excluding tert-OH is 2. The quantitative estimate of drug-likeness (QED) is 0.584. The summed E-state index contributed by atoms with van der Waals surface area (Å²) in [5.41, 5.74) is 1.41. The fourth-order valence-corrected chi connectivity index (χ4v) is 1.37. The second-order valence-corrected chi connectivity index (χ2v) is 3.52. The first-order valence-electron chi connectivity index (χ1n) is 4.92. The van der Waals surface area contributed by atoms with E-state index in [0.717, 1.165) is 5.56 Å². The molecule has 5 nitrogen and oxygen atoms in total. The van der Waals surface area contributed by atoms with E-state index in [9.17, 15) is 9.90 Å². The first-order chi connectivity index (χ1) is 7.56. The third kappa shape index (κ3) is 2.95. The van der Waals surface area contributed by atoms with Gasteiger partial charge in [0.1, 0.15) is 0 Å². The zero-order valence-corrected chi connectivity index (χ0v) is 8.97. The zero-order chi connectivity index (χ0) is 12.1. The van der Waals surface area contributed by atoms with Crippen molar-refractivity contribution in [1.29, 1.82) is 0 Å². The van der Waals surface area contributed by atoms with Gasteiger partial charge in [-0.2, -0.15) is 0 Å². The van der Waals surface area contributed by atoms with E-state index in [4.69, 9.17) is 10.2 Å². The maximum absolute atomic E-state index is 10.9. The molecule has 16 heavy (non-hydrogen) atoms. The van der Waals surface area contributed by atoms with Crippen LogP contribution in [0.1, 0.15) is 15.9 Å². The minimum atomic E-state index is -1.02. The summed E-state index contributed by atoms with van der Waals surface area (Å²) < 4.78 is 0. The van der Waals surface area contributed by atoms with Crippen LogP contribution in [0.2, 0.25) is 0 Å². The molecule has 1 aromatic rings. The number of carbonyl (C=O) groups is 1. The van der Waals surface area contributed by atoms with Crippen LogP contribution in [0.3, 0.4) is 0 Å². The fourth-order valence-electron chi connectivity index (χ4n) is 1.37. The average molecular weight is 225 g/mol. The van der Waals surface area contributed by atoms with E-state index >= 15 is 0 Å². The van der Waals surface area contributed by atoms with E-state index in [2.05, 4.69) is 5.32 Å². The standard InChI is InChI=1S/C11H15NO4/c1-7-3-2-4-9(11(15)16)10(7)12-5-8(14)6-13/h2-4,8,12-14H,5-6H2,1H3,(H,15,16). The highest BCUT2D eigenvalue weighted by Crippen LogP contribution is 2.20. The first-order valence-corrected chi connectivity index (χ1v) is 4.92. The zero-order valence-electron chi connectivity index (χ0n) is 8.97. The number of para-hydroxylation sites is 1. The molecule has 0 bridgehead atoms. The van der Waals surface area contributed by atoms with Crippen LogP contribution in [0.5, 0.6) is 0 Å². The molecule has 0 aliphatic heterocycles. The molecule has 0 aliphatic rings. The van der Waals surface area contributed by atoms with Gasteiger partial charge in [-0.05, 0) is 18.6 Å². The topological polar surface area (TPSA) is 89.8 Å². The molecule has 0 aliphatic carbocycles. The third-order valence-electron chi connectivity index (χ3n) is 2.23. The highest BCUT2D eigenvalue weighted by molar-refractivity contribution is 5.95. The molecule has 88 valence electrons. The van der Waals surface area contributed by atoms with Crippen LogP contribution in [0, 0.1) is 6.92 Å². The van der Waals surface area contributed by atoms with Gasteiger partial charge < -0.3 is 20.6 Å². The minimum absolute atomic E-state index is 0.113. The number of hydrogen-bond acceptors (Lipinski definition) is 4. The summed E-state index contributed by atoms with van der Waals surface area (Å²) >= 11 is 0. The van der Waals surface area contributed by atoms with Crippen molar-refractivity contribution in [3.63, 3.8) is 0 Å². The van der Waals surface area contributed by atoms with Gasteiger partial charge in [-0.3, -0.25) is 0 Å². The van der Waals surface area contributed by atoms with Gasteiger partial charge in [0.2, 0.25) is 0 Å². The highest BCUT2D eigenvalue weighted by Gasteiger charge is 2.12.